The van der Waals surface area contributed by atoms with Crippen LogP contribution < -0.4 is 5.32 Å². The third-order valence-corrected chi connectivity index (χ3v) is 4.48. The van der Waals surface area contributed by atoms with Crippen LogP contribution in [0.2, 0.25) is 0 Å². The summed E-state index contributed by atoms with van der Waals surface area (Å²) in [6.45, 7) is 4.64. The first-order valence-corrected chi connectivity index (χ1v) is 7.07. The number of aryl methyl sites for hydroxylation is 2. The van der Waals surface area contributed by atoms with Gasteiger partial charge in [-0.3, -0.25) is 0 Å². The van der Waals surface area contributed by atoms with Crippen LogP contribution in [0.1, 0.15) is 17.5 Å². The Balaban J connectivity index is 2.86. The highest BCUT2D eigenvalue weighted by Crippen LogP contribution is 2.16. The fourth-order valence-corrected chi connectivity index (χ4v) is 2.86. The summed E-state index contributed by atoms with van der Waals surface area (Å²) in [5, 5.41) is 2.95. The number of hydrogen-bond donors (Lipinski definition) is 1. The van der Waals surface area contributed by atoms with Crippen LogP contribution in [0.15, 0.2) is 23.1 Å². The van der Waals surface area contributed by atoms with Crippen molar-refractivity contribution in [1.29, 1.82) is 0 Å². The fraction of sp³-hybridized carbons (Fsp3) is 0.500. The molecule has 90 valence electrons. The van der Waals surface area contributed by atoms with Gasteiger partial charge in [-0.2, -0.15) is 0 Å². The Morgan fingerprint density at radius 1 is 1.19 bits per heavy atom. The highest BCUT2D eigenvalue weighted by molar-refractivity contribution is 7.91. The molecule has 1 N–H and O–H groups in total. The second kappa shape index (κ2) is 5.46. The van der Waals surface area contributed by atoms with E-state index in [1.807, 2.05) is 27.0 Å². The summed E-state index contributed by atoms with van der Waals surface area (Å²) in [5.41, 5.74) is 2.14. The maximum atomic E-state index is 11.9. The van der Waals surface area contributed by atoms with E-state index in [9.17, 15) is 8.42 Å². The van der Waals surface area contributed by atoms with Gasteiger partial charge in [-0.1, -0.05) is 6.07 Å². The molecule has 0 fully saturated rings. The predicted molar refractivity (Wildman–Crippen MR) is 66.5 cm³/mol. The zero-order chi connectivity index (χ0) is 12.2. The van der Waals surface area contributed by atoms with E-state index in [1.54, 1.807) is 12.1 Å². The third-order valence-electron chi connectivity index (χ3n) is 2.68. The highest BCUT2D eigenvalue weighted by Gasteiger charge is 2.14. The first-order valence-electron chi connectivity index (χ1n) is 5.42. The van der Waals surface area contributed by atoms with Crippen LogP contribution in [0.3, 0.4) is 0 Å². The predicted octanol–water partition coefficient (Wildman–Crippen LogP) is 1.69. The van der Waals surface area contributed by atoms with Crippen LogP contribution in [-0.4, -0.2) is 27.8 Å². The second-order valence-electron chi connectivity index (χ2n) is 4.02. The van der Waals surface area contributed by atoms with Crippen molar-refractivity contribution in [1.82, 2.24) is 5.32 Å². The average molecular weight is 241 g/mol. The van der Waals surface area contributed by atoms with Crippen LogP contribution in [0.4, 0.5) is 0 Å². The van der Waals surface area contributed by atoms with Crippen LogP contribution in [-0.2, 0) is 9.84 Å². The Morgan fingerprint density at radius 2 is 1.88 bits per heavy atom. The first kappa shape index (κ1) is 13.2. The largest absolute Gasteiger partial charge is 0.320 e. The molecular formula is C12H19NO2S. The minimum atomic E-state index is -3.11. The van der Waals surface area contributed by atoms with E-state index in [0.717, 1.165) is 17.7 Å². The summed E-state index contributed by atoms with van der Waals surface area (Å²) in [6.07, 6.45) is 0.645. The zero-order valence-electron chi connectivity index (χ0n) is 10.1. The maximum Gasteiger partial charge on any atom is 0.178 e. The Kier molecular flexibility index (Phi) is 4.50. The van der Waals surface area contributed by atoms with Gasteiger partial charge >= 0.3 is 0 Å². The molecule has 4 heteroatoms. The van der Waals surface area contributed by atoms with E-state index >= 15 is 0 Å². The lowest BCUT2D eigenvalue weighted by atomic mass is 10.1. The molecule has 0 atom stereocenters. The molecule has 0 amide bonds. The van der Waals surface area contributed by atoms with Gasteiger partial charge in [0.1, 0.15) is 0 Å². The molecule has 0 spiro atoms. The van der Waals surface area contributed by atoms with Crippen LogP contribution in [0.5, 0.6) is 0 Å². The van der Waals surface area contributed by atoms with E-state index in [0.29, 0.717) is 11.3 Å². The Morgan fingerprint density at radius 3 is 2.44 bits per heavy atom. The van der Waals surface area contributed by atoms with Gasteiger partial charge in [-0.15, -0.1) is 0 Å². The molecule has 0 aliphatic rings. The molecule has 0 bridgehead atoms. The van der Waals surface area contributed by atoms with Gasteiger partial charge in [-0.05, 0) is 57.1 Å². The summed E-state index contributed by atoms with van der Waals surface area (Å²) < 4.78 is 23.9. The molecular weight excluding hydrogens is 222 g/mol. The molecule has 1 aromatic rings. The molecule has 0 aromatic heterocycles. The normalized spacial score (nSPS) is 11.7. The number of rotatable bonds is 5. The molecule has 0 radical (unpaired) electrons. The smallest absolute Gasteiger partial charge is 0.178 e. The molecule has 0 unspecified atom stereocenters. The van der Waals surface area contributed by atoms with Crippen LogP contribution in [0.25, 0.3) is 0 Å². The lowest BCUT2D eigenvalue weighted by Crippen LogP contribution is -2.14. The van der Waals surface area contributed by atoms with Crippen molar-refractivity contribution in [2.75, 3.05) is 19.3 Å². The maximum absolute atomic E-state index is 11.9. The van der Waals surface area contributed by atoms with Gasteiger partial charge in [0.25, 0.3) is 0 Å². The Hall–Kier alpha value is -0.870. The van der Waals surface area contributed by atoms with Gasteiger partial charge < -0.3 is 5.32 Å². The molecule has 0 heterocycles. The molecule has 0 aliphatic heterocycles. The van der Waals surface area contributed by atoms with Gasteiger partial charge in [0.05, 0.1) is 10.6 Å². The topological polar surface area (TPSA) is 46.2 Å². The van der Waals surface area contributed by atoms with Gasteiger partial charge in [-0.25, -0.2) is 8.42 Å². The third kappa shape index (κ3) is 3.32. The number of benzene rings is 1. The highest BCUT2D eigenvalue weighted by atomic mass is 32.2. The van der Waals surface area contributed by atoms with Gasteiger partial charge in [0, 0.05) is 0 Å². The van der Waals surface area contributed by atoms with Crippen molar-refractivity contribution in [2.45, 2.75) is 25.2 Å². The molecule has 1 aromatic carbocycles. The summed E-state index contributed by atoms with van der Waals surface area (Å²) in [5.74, 6) is 0.205. The minimum Gasteiger partial charge on any atom is -0.320 e. The lowest BCUT2D eigenvalue weighted by molar-refractivity contribution is 0.591. The zero-order valence-corrected chi connectivity index (χ0v) is 10.9. The molecule has 1 rings (SSSR count). The van der Waals surface area contributed by atoms with Crippen LogP contribution in [0, 0.1) is 13.8 Å². The SMILES string of the molecule is CNCCCS(=O)(=O)c1ccc(C)c(C)c1. The van der Waals surface area contributed by atoms with Crippen molar-refractivity contribution in [3.63, 3.8) is 0 Å². The number of hydrogen-bond acceptors (Lipinski definition) is 3. The van der Waals surface area contributed by atoms with Crippen molar-refractivity contribution in [3.8, 4) is 0 Å². The van der Waals surface area contributed by atoms with Crippen molar-refractivity contribution < 1.29 is 8.42 Å². The summed E-state index contributed by atoms with van der Waals surface area (Å²) in [6, 6.07) is 5.31. The Labute approximate surface area is 97.8 Å². The van der Waals surface area contributed by atoms with E-state index < -0.39 is 9.84 Å². The summed E-state index contributed by atoms with van der Waals surface area (Å²) in [7, 11) is -1.29. The fourth-order valence-electron chi connectivity index (χ4n) is 1.46. The average Bonchev–Trinajstić information content (AvgIpc) is 2.22. The minimum absolute atomic E-state index is 0.205. The number of sulfone groups is 1. The standard InChI is InChI=1S/C12H19NO2S/c1-10-5-6-12(9-11(10)2)16(14,15)8-4-7-13-3/h5-6,9,13H,4,7-8H2,1-3H3. The van der Waals surface area contributed by atoms with Crippen molar-refractivity contribution in [2.24, 2.45) is 0 Å². The monoisotopic (exact) mass is 241 g/mol. The summed E-state index contributed by atoms with van der Waals surface area (Å²) >= 11 is 0. The van der Waals surface area contributed by atoms with E-state index in [-0.39, 0.29) is 5.75 Å². The molecule has 0 saturated heterocycles. The van der Waals surface area contributed by atoms with E-state index in [4.69, 9.17) is 0 Å². The molecule has 0 aliphatic carbocycles. The Bertz CT molecular complexity index is 452. The van der Waals surface area contributed by atoms with Crippen LogP contribution >= 0.6 is 0 Å². The second-order valence-corrected chi connectivity index (χ2v) is 6.13. The molecule has 16 heavy (non-hydrogen) atoms. The van der Waals surface area contributed by atoms with Gasteiger partial charge in [0.15, 0.2) is 9.84 Å². The van der Waals surface area contributed by atoms with E-state index in [2.05, 4.69) is 5.32 Å². The molecule has 3 nitrogen and oxygen atoms in total. The molecule has 0 saturated carbocycles. The first-order chi connectivity index (χ1) is 7.47. The van der Waals surface area contributed by atoms with Gasteiger partial charge in [0.2, 0.25) is 0 Å². The van der Waals surface area contributed by atoms with Crippen molar-refractivity contribution in [3.05, 3.63) is 29.3 Å². The quantitative estimate of drug-likeness (QED) is 0.798. The van der Waals surface area contributed by atoms with Crippen molar-refractivity contribution >= 4 is 9.84 Å². The lowest BCUT2D eigenvalue weighted by Gasteiger charge is -2.06. The summed E-state index contributed by atoms with van der Waals surface area (Å²) in [4.78, 5) is 0.437. The van der Waals surface area contributed by atoms with E-state index in [1.165, 1.54) is 0 Å². The number of nitrogens with one attached hydrogen (secondary N) is 1.